The zero-order valence-corrected chi connectivity index (χ0v) is 15.8. The molecule has 6 nitrogen and oxygen atoms in total. The average Bonchev–Trinajstić information content (AvgIpc) is 3.07. The minimum absolute atomic E-state index is 0.0312. The standard InChI is InChI=1S/C19H24N4O2S/c1-26(2,18(21)25,13-12-17(20)24,14-8-4-3-5-9-14)19-22-15-10-6-7-11-16(15)23-19/h3-11H,12-13H2,1-2H3,(H2,20,24)(H2,21,25)(H,22,23). The molecule has 2 aromatic carbocycles. The molecule has 0 unspecified atom stereocenters. The van der Waals surface area contributed by atoms with Gasteiger partial charge in [-0.15, -0.1) is 8.29 Å². The summed E-state index contributed by atoms with van der Waals surface area (Å²) in [6, 6.07) is 16.9. The second-order valence-electron chi connectivity index (χ2n) is 7.56. The molecule has 3 aromatic rings. The van der Waals surface area contributed by atoms with Crippen molar-refractivity contribution in [1.29, 1.82) is 0 Å². The van der Waals surface area contributed by atoms with Crippen molar-refractivity contribution < 1.29 is 9.59 Å². The number of hydrogen-bond acceptors (Lipinski definition) is 3. The molecular weight excluding hydrogens is 348 g/mol. The van der Waals surface area contributed by atoms with Gasteiger partial charge in [0, 0.05) is 6.42 Å². The number of nitrogens with one attached hydrogen (secondary N) is 1. The third kappa shape index (κ3) is 2.24. The highest BCUT2D eigenvalue weighted by Crippen LogP contribution is 2.93. The molecule has 1 aromatic heterocycles. The van der Waals surface area contributed by atoms with Gasteiger partial charge in [-0.3, -0.25) is 9.59 Å². The van der Waals surface area contributed by atoms with Gasteiger partial charge in [0.05, 0.1) is 11.0 Å². The fourth-order valence-electron chi connectivity index (χ4n) is 3.31. The monoisotopic (exact) mass is 372 g/mol. The number of para-hydroxylation sites is 2. The summed E-state index contributed by atoms with van der Waals surface area (Å²) in [4.78, 5) is 33.7. The zero-order valence-electron chi connectivity index (χ0n) is 14.9. The summed E-state index contributed by atoms with van der Waals surface area (Å²) in [5, 5.41) is 0.0163. The average molecular weight is 372 g/mol. The number of hydrogen-bond donors (Lipinski definition) is 3. The Morgan fingerprint density at radius 1 is 1.00 bits per heavy atom. The lowest BCUT2D eigenvalue weighted by molar-refractivity contribution is -0.117. The molecule has 2 amide bonds. The molecule has 5 N–H and O–H groups in total. The van der Waals surface area contributed by atoms with Crippen molar-refractivity contribution >= 4 is 30.5 Å². The molecule has 3 rings (SSSR count). The number of aromatic amines is 1. The Morgan fingerprint density at radius 2 is 1.62 bits per heavy atom. The number of imidazole rings is 1. The SMILES string of the molecule is CS(C)(CCC(N)=O)(C(N)=O)(c1ccccc1)c1nc2ccccc2[nH]1. The summed E-state index contributed by atoms with van der Waals surface area (Å²) in [5.74, 6) is -0.277. The van der Waals surface area contributed by atoms with Crippen LogP contribution in [0.25, 0.3) is 11.0 Å². The molecule has 0 aliphatic rings. The van der Waals surface area contributed by atoms with Gasteiger partial charge < -0.3 is 16.5 Å². The number of H-pyrrole nitrogens is 1. The Morgan fingerprint density at radius 3 is 2.19 bits per heavy atom. The summed E-state index contributed by atoms with van der Waals surface area (Å²) < 4.78 is 0. The molecule has 0 spiro atoms. The van der Waals surface area contributed by atoms with E-state index < -0.39 is 19.4 Å². The summed E-state index contributed by atoms with van der Waals surface area (Å²) in [6.45, 7) is 0. The minimum Gasteiger partial charge on any atom is -0.370 e. The van der Waals surface area contributed by atoms with Crippen LogP contribution in [0.3, 0.4) is 0 Å². The number of primary amides is 2. The van der Waals surface area contributed by atoms with Crippen molar-refractivity contribution in [3.63, 3.8) is 0 Å². The molecule has 0 atom stereocenters. The van der Waals surface area contributed by atoms with Gasteiger partial charge in [-0.25, -0.2) is 4.98 Å². The Hall–Kier alpha value is -2.80. The van der Waals surface area contributed by atoms with E-state index in [-0.39, 0.29) is 12.2 Å². The van der Waals surface area contributed by atoms with E-state index in [1.165, 1.54) is 0 Å². The van der Waals surface area contributed by atoms with Gasteiger partial charge in [-0.1, -0.05) is 42.5 Å². The third-order valence-electron chi connectivity index (χ3n) is 5.51. The molecule has 0 fully saturated rings. The molecule has 26 heavy (non-hydrogen) atoms. The lowest BCUT2D eigenvalue weighted by Gasteiger charge is -2.69. The van der Waals surface area contributed by atoms with E-state index in [2.05, 4.69) is 4.98 Å². The smallest absolute Gasteiger partial charge is 0.255 e. The molecule has 138 valence electrons. The minimum atomic E-state index is -4.07. The first-order valence-electron chi connectivity index (χ1n) is 8.24. The van der Waals surface area contributed by atoms with Crippen LogP contribution >= 0.6 is 8.29 Å². The van der Waals surface area contributed by atoms with E-state index in [1.54, 1.807) is 0 Å². The molecule has 0 aliphatic heterocycles. The van der Waals surface area contributed by atoms with Crippen LogP contribution in [0.5, 0.6) is 0 Å². The van der Waals surface area contributed by atoms with Crippen LogP contribution in [-0.4, -0.2) is 39.4 Å². The van der Waals surface area contributed by atoms with Crippen LogP contribution in [0, 0.1) is 0 Å². The Labute approximate surface area is 151 Å². The zero-order chi connectivity index (χ0) is 19.1. The van der Waals surface area contributed by atoms with Crippen molar-refractivity contribution in [2.75, 3.05) is 18.3 Å². The van der Waals surface area contributed by atoms with E-state index in [0.29, 0.717) is 5.16 Å². The normalized spacial score (nSPS) is 14.5. The molecule has 0 aliphatic carbocycles. The molecular formula is C19H24N4O2S. The number of amides is 2. The second-order valence-corrected chi connectivity index (χ2v) is 15.1. The first-order valence-corrected chi connectivity index (χ1v) is 11.7. The highest BCUT2D eigenvalue weighted by atomic mass is 32.4. The lowest BCUT2D eigenvalue weighted by Crippen LogP contribution is -2.49. The van der Waals surface area contributed by atoms with Gasteiger partial charge in [0.1, 0.15) is 5.16 Å². The number of benzene rings is 2. The summed E-state index contributed by atoms with van der Waals surface area (Å²) >= 11 is 0. The topological polar surface area (TPSA) is 115 Å². The Kier molecular flexibility index (Phi) is 3.70. The summed E-state index contributed by atoms with van der Waals surface area (Å²) in [5.41, 5.74) is 13.1. The Bertz CT molecular complexity index is 993. The van der Waals surface area contributed by atoms with Gasteiger partial charge >= 0.3 is 0 Å². The number of aromatic nitrogens is 2. The van der Waals surface area contributed by atoms with Crippen LogP contribution in [0.15, 0.2) is 64.6 Å². The summed E-state index contributed by atoms with van der Waals surface area (Å²) in [7, 11) is -4.07. The van der Waals surface area contributed by atoms with Crippen molar-refractivity contribution in [2.24, 2.45) is 11.5 Å². The van der Waals surface area contributed by atoms with Gasteiger partial charge in [-0.2, -0.15) is 0 Å². The Balaban J connectivity index is 2.45. The van der Waals surface area contributed by atoms with Crippen molar-refractivity contribution in [2.45, 2.75) is 16.5 Å². The molecule has 1 heterocycles. The van der Waals surface area contributed by atoms with Crippen molar-refractivity contribution in [1.82, 2.24) is 9.97 Å². The fourth-order valence-corrected chi connectivity index (χ4v) is 7.59. The van der Waals surface area contributed by atoms with E-state index in [0.717, 1.165) is 15.9 Å². The molecule has 0 radical (unpaired) electrons. The number of fused-ring (bicyclic) bond motifs is 1. The fraction of sp³-hybridized carbons (Fsp3) is 0.211. The number of nitrogens with two attached hydrogens (primary N) is 2. The molecule has 0 saturated carbocycles. The van der Waals surface area contributed by atoms with Gasteiger partial charge in [0.2, 0.25) is 5.91 Å². The van der Waals surface area contributed by atoms with Gasteiger partial charge in [-0.05, 0) is 35.3 Å². The first-order chi connectivity index (χ1) is 12.1. The predicted octanol–water partition coefficient (Wildman–Crippen LogP) is 3.07. The van der Waals surface area contributed by atoms with Crippen LogP contribution < -0.4 is 11.5 Å². The van der Waals surface area contributed by atoms with Gasteiger partial charge in [0.25, 0.3) is 5.24 Å². The molecule has 0 bridgehead atoms. The van der Waals surface area contributed by atoms with E-state index in [9.17, 15) is 9.59 Å². The molecule has 7 heteroatoms. The maximum Gasteiger partial charge on any atom is 0.255 e. The number of rotatable bonds is 5. The van der Waals surface area contributed by atoms with Crippen LogP contribution in [0.1, 0.15) is 6.42 Å². The van der Waals surface area contributed by atoms with Crippen molar-refractivity contribution in [3.05, 3.63) is 54.6 Å². The van der Waals surface area contributed by atoms with Crippen LogP contribution in [0.2, 0.25) is 0 Å². The van der Waals surface area contributed by atoms with Crippen LogP contribution in [-0.2, 0) is 4.79 Å². The van der Waals surface area contributed by atoms with E-state index in [4.69, 9.17) is 16.5 Å². The quantitative estimate of drug-likeness (QED) is 0.639. The molecule has 0 saturated heterocycles. The first kappa shape index (κ1) is 18.0. The summed E-state index contributed by atoms with van der Waals surface area (Å²) in [6.07, 6.45) is 3.75. The number of carbonyl (C=O) groups is 2. The largest absolute Gasteiger partial charge is 0.370 e. The lowest BCUT2D eigenvalue weighted by atomic mass is 10.3. The van der Waals surface area contributed by atoms with Crippen molar-refractivity contribution in [3.8, 4) is 0 Å². The number of carbonyl (C=O) groups excluding carboxylic acids is 2. The van der Waals surface area contributed by atoms with Crippen LogP contribution in [0.4, 0.5) is 4.79 Å². The number of nitrogens with zero attached hydrogens (tertiary/aromatic N) is 1. The maximum atomic E-state index is 13.2. The maximum absolute atomic E-state index is 13.2. The predicted molar refractivity (Wildman–Crippen MR) is 107 cm³/mol. The van der Waals surface area contributed by atoms with Gasteiger partial charge in [0.15, 0.2) is 0 Å². The third-order valence-corrected chi connectivity index (χ3v) is 12.3. The van der Waals surface area contributed by atoms with E-state index >= 15 is 0 Å². The highest BCUT2D eigenvalue weighted by Gasteiger charge is 2.63. The highest BCUT2D eigenvalue weighted by molar-refractivity contribution is 8.73. The second kappa shape index (κ2) is 5.35. The van der Waals surface area contributed by atoms with E-state index in [1.807, 2.05) is 67.1 Å².